The molecule has 0 radical (unpaired) electrons. The van der Waals surface area contributed by atoms with Crippen LogP contribution in [0.3, 0.4) is 0 Å². The summed E-state index contributed by atoms with van der Waals surface area (Å²) < 4.78 is 40.9. The maximum absolute atomic E-state index is 12.4. The van der Waals surface area contributed by atoms with E-state index in [9.17, 15) is 8.42 Å². The molecule has 0 spiro atoms. The second kappa shape index (κ2) is 10.2. The average molecular weight is 461 g/mol. The molecular weight excluding hydrogens is 440 g/mol. The molecule has 9 heteroatoms. The summed E-state index contributed by atoms with van der Waals surface area (Å²) in [5, 5.41) is 4.44. The molecule has 0 aliphatic carbocycles. The maximum atomic E-state index is 12.4. The molecule has 0 bridgehead atoms. The summed E-state index contributed by atoms with van der Waals surface area (Å²) in [5.41, 5.74) is 1.44. The Morgan fingerprint density at radius 1 is 0.968 bits per heavy atom. The van der Waals surface area contributed by atoms with E-state index in [2.05, 4.69) is 9.93 Å². The molecule has 7 nitrogen and oxygen atoms in total. The van der Waals surface area contributed by atoms with Gasteiger partial charge in [-0.1, -0.05) is 17.7 Å². The van der Waals surface area contributed by atoms with E-state index in [1.54, 1.807) is 61.7 Å². The van der Waals surface area contributed by atoms with Gasteiger partial charge in [-0.2, -0.15) is 13.5 Å². The Morgan fingerprint density at radius 3 is 2.42 bits per heavy atom. The van der Waals surface area contributed by atoms with Crippen LogP contribution in [0.4, 0.5) is 0 Å². The van der Waals surface area contributed by atoms with Gasteiger partial charge in [-0.15, -0.1) is 0 Å². The standard InChI is InChI=1S/C22H21ClN2O5S/c1-28-19-7-9-21(10-8-19)31(26,27)25-24-14-16-6-11-22(29-2)17(12-16)15-30-20-5-3-4-18(23)13-20/h3-14,25H,15H2,1-2H3/b24-14-. The molecular formula is C22H21ClN2O5S. The Balaban J connectivity index is 1.70. The monoisotopic (exact) mass is 460 g/mol. The minimum absolute atomic E-state index is 0.0794. The number of rotatable bonds is 9. The van der Waals surface area contributed by atoms with Crippen LogP contribution in [0.25, 0.3) is 0 Å². The van der Waals surface area contributed by atoms with E-state index < -0.39 is 10.0 Å². The smallest absolute Gasteiger partial charge is 0.276 e. The highest BCUT2D eigenvalue weighted by molar-refractivity contribution is 7.89. The van der Waals surface area contributed by atoms with E-state index in [0.29, 0.717) is 27.8 Å². The van der Waals surface area contributed by atoms with Crippen molar-refractivity contribution < 1.29 is 22.6 Å². The van der Waals surface area contributed by atoms with Crippen molar-refractivity contribution in [2.75, 3.05) is 14.2 Å². The maximum Gasteiger partial charge on any atom is 0.276 e. The Bertz CT molecular complexity index is 1160. The molecule has 0 aliphatic heterocycles. The molecule has 31 heavy (non-hydrogen) atoms. The van der Waals surface area contributed by atoms with Gasteiger partial charge in [0.1, 0.15) is 23.9 Å². The highest BCUT2D eigenvalue weighted by Crippen LogP contribution is 2.23. The van der Waals surface area contributed by atoms with Crippen molar-refractivity contribution in [3.63, 3.8) is 0 Å². The normalized spacial score (nSPS) is 11.3. The van der Waals surface area contributed by atoms with Crippen LogP contribution in [0.5, 0.6) is 17.2 Å². The van der Waals surface area contributed by atoms with Crippen molar-refractivity contribution in [3.8, 4) is 17.2 Å². The number of methoxy groups -OCH3 is 2. The van der Waals surface area contributed by atoms with Gasteiger partial charge in [0, 0.05) is 10.6 Å². The van der Waals surface area contributed by atoms with Crippen molar-refractivity contribution in [2.24, 2.45) is 5.10 Å². The number of ether oxygens (including phenoxy) is 3. The molecule has 3 rings (SSSR count). The zero-order valence-electron chi connectivity index (χ0n) is 16.9. The van der Waals surface area contributed by atoms with Gasteiger partial charge in [-0.3, -0.25) is 0 Å². The topological polar surface area (TPSA) is 86.2 Å². The fourth-order valence-electron chi connectivity index (χ4n) is 2.69. The Hall–Kier alpha value is -3.23. The van der Waals surface area contributed by atoms with Crippen molar-refractivity contribution in [1.82, 2.24) is 4.83 Å². The molecule has 0 unspecified atom stereocenters. The third-order valence-electron chi connectivity index (χ3n) is 4.25. The lowest BCUT2D eigenvalue weighted by atomic mass is 10.1. The van der Waals surface area contributed by atoms with Gasteiger partial charge in [0.05, 0.1) is 25.3 Å². The van der Waals surface area contributed by atoms with E-state index in [1.807, 2.05) is 0 Å². The largest absolute Gasteiger partial charge is 0.497 e. The second-order valence-electron chi connectivity index (χ2n) is 6.35. The summed E-state index contributed by atoms with van der Waals surface area (Å²) in [6.45, 7) is 0.239. The molecule has 162 valence electrons. The van der Waals surface area contributed by atoms with Crippen LogP contribution in [-0.4, -0.2) is 28.9 Å². The van der Waals surface area contributed by atoms with E-state index in [0.717, 1.165) is 5.56 Å². The average Bonchev–Trinajstić information content (AvgIpc) is 2.78. The Morgan fingerprint density at radius 2 is 1.74 bits per heavy atom. The van der Waals surface area contributed by atoms with E-state index >= 15 is 0 Å². The lowest BCUT2D eigenvalue weighted by Crippen LogP contribution is -2.18. The van der Waals surface area contributed by atoms with E-state index in [4.69, 9.17) is 25.8 Å². The first-order valence-corrected chi connectivity index (χ1v) is 11.0. The number of hydrazone groups is 1. The molecule has 0 fully saturated rings. The van der Waals surface area contributed by atoms with Crippen LogP contribution in [0.15, 0.2) is 76.7 Å². The summed E-state index contributed by atoms with van der Waals surface area (Å²) >= 11 is 5.98. The van der Waals surface area contributed by atoms with Gasteiger partial charge in [0.2, 0.25) is 0 Å². The first-order valence-electron chi connectivity index (χ1n) is 9.15. The van der Waals surface area contributed by atoms with Crippen LogP contribution < -0.4 is 19.0 Å². The molecule has 0 heterocycles. The van der Waals surface area contributed by atoms with Gasteiger partial charge in [0.15, 0.2) is 0 Å². The quantitative estimate of drug-likeness (QED) is 0.381. The fraction of sp³-hybridized carbons (Fsp3) is 0.136. The highest BCUT2D eigenvalue weighted by Gasteiger charge is 2.12. The third kappa shape index (κ3) is 6.13. The van der Waals surface area contributed by atoms with Crippen LogP contribution in [-0.2, 0) is 16.6 Å². The molecule has 0 atom stereocenters. The van der Waals surface area contributed by atoms with Crippen molar-refractivity contribution >= 4 is 27.8 Å². The minimum Gasteiger partial charge on any atom is -0.497 e. The number of nitrogens with one attached hydrogen (secondary N) is 1. The van der Waals surface area contributed by atoms with Crippen LogP contribution in [0, 0.1) is 0 Å². The first kappa shape index (κ1) is 22.5. The molecule has 0 aliphatic rings. The summed E-state index contributed by atoms with van der Waals surface area (Å²) in [6.07, 6.45) is 1.41. The fourth-order valence-corrected chi connectivity index (χ4v) is 3.66. The molecule has 0 saturated carbocycles. The van der Waals surface area contributed by atoms with Crippen molar-refractivity contribution in [1.29, 1.82) is 0 Å². The number of hydrogen-bond donors (Lipinski definition) is 1. The van der Waals surface area contributed by atoms with Gasteiger partial charge in [0.25, 0.3) is 10.0 Å². The summed E-state index contributed by atoms with van der Waals surface area (Å²) in [6, 6.07) is 18.4. The molecule has 0 saturated heterocycles. The lowest BCUT2D eigenvalue weighted by Gasteiger charge is -2.11. The predicted molar refractivity (Wildman–Crippen MR) is 120 cm³/mol. The van der Waals surface area contributed by atoms with Gasteiger partial charge < -0.3 is 14.2 Å². The van der Waals surface area contributed by atoms with Crippen molar-refractivity contribution in [3.05, 3.63) is 82.9 Å². The SMILES string of the molecule is COc1ccc(S(=O)(=O)N/N=C\c2ccc(OC)c(COc3cccc(Cl)c3)c2)cc1. The van der Waals surface area contributed by atoms with Crippen LogP contribution >= 0.6 is 11.6 Å². The predicted octanol–water partition coefficient (Wildman–Crippen LogP) is 4.25. The first-order chi connectivity index (χ1) is 14.9. The number of nitrogens with zero attached hydrogens (tertiary/aromatic N) is 1. The molecule has 3 aromatic carbocycles. The highest BCUT2D eigenvalue weighted by atomic mass is 35.5. The number of halogens is 1. The molecule has 0 aromatic heterocycles. The van der Waals surface area contributed by atoms with E-state index in [1.165, 1.54) is 25.5 Å². The molecule has 0 amide bonds. The van der Waals surface area contributed by atoms with Gasteiger partial charge in [-0.25, -0.2) is 4.83 Å². The molecule has 1 N–H and O–H groups in total. The van der Waals surface area contributed by atoms with Gasteiger partial charge in [-0.05, 0) is 66.2 Å². The number of sulfonamides is 1. The number of hydrogen-bond acceptors (Lipinski definition) is 6. The zero-order chi connectivity index (χ0) is 22.3. The lowest BCUT2D eigenvalue weighted by molar-refractivity contribution is 0.296. The molecule has 3 aromatic rings. The third-order valence-corrected chi connectivity index (χ3v) is 5.72. The minimum atomic E-state index is -3.79. The second-order valence-corrected chi connectivity index (χ2v) is 8.44. The van der Waals surface area contributed by atoms with Gasteiger partial charge >= 0.3 is 0 Å². The Labute approximate surface area is 186 Å². The van der Waals surface area contributed by atoms with Crippen molar-refractivity contribution in [2.45, 2.75) is 11.5 Å². The van der Waals surface area contributed by atoms with Crippen LogP contribution in [0.2, 0.25) is 5.02 Å². The summed E-state index contributed by atoms with van der Waals surface area (Å²) in [7, 11) is -0.720. The zero-order valence-corrected chi connectivity index (χ0v) is 18.5. The summed E-state index contributed by atoms with van der Waals surface area (Å²) in [4.78, 5) is 2.28. The summed E-state index contributed by atoms with van der Waals surface area (Å²) in [5.74, 6) is 1.83. The number of benzene rings is 3. The Kier molecular flexibility index (Phi) is 7.38. The van der Waals surface area contributed by atoms with Crippen LogP contribution in [0.1, 0.15) is 11.1 Å². The van der Waals surface area contributed by atoms with E-state index in [-0.39, 0.29) is 11.5 Å².